The SMILES string of the molecule is CC1(C)c2ccccc2-c2c1ccc1c2oc2c(I)cccc21. The van der Waals surface area contributed by atoms with Gasteiger partial charge in [-0.15, -0.1) is 0 Å². The molecule has 5 rings (SSSR count). The number of halogens is 1. The van der Waals surface area contributed by atoms with Crippen molar-refractivity contribution in [1.82, 2.24) is 0 Å². The van der Waals surface area contributed by atoms with Gasteiger partial charge in [0.1, 0.15) is 11.2 Å². The second-order valence-electron chi connectivity index (χ2n) is 6.75. The zero-order valence-electron chi connectivity index (χ0n) is 13.0. The summed E-state index contributed by atoms with van der Waals surface area (Å²) in [6, 6.07) is 19.6. The molecule has 0 atom stereocenters. The van der Waals surface area contributed by atoms with Crippen molar-refractivity contribution in [3.63, 3.8) is 0 Å². The van der Waals surface area contributed by atoms with Crippen LogP contribution in [0.5, 0.6) is 0 Å². The molecule has 3 aromatic carbocycles. The maximum Gasteiger partial charge on any atom is 0.148 e. The summed E-state index contributed by atoms with van der Waals surface area (Å²) in [5, 5.41) is 2.42. The molecule has 0 saturated heterocycles. The second kappa shape index (κ2) is 4.38. The summed E-state index contributed by atoms with van der Waals surface area (Å²) in [4.78, 5) is 0. The third kappa shape index (κ3) is 1.62. The molecule has 0 fully saturated rings. The molecule has 1 heterocycles. The molecule has 0 saturated carbocycles. The summed E-state index contributed by atoms with van der Waals surface area (Å²) in [7, 11) is 0. The Kier molecular flexibility index (Phi) is 2.59. The Hall–Kier alpha value is -1.81. The van der Waals surface area contributed by atoms with E-state index in [0.29, 0.717) is 0 Å². The minimum atomic E-state index is 0.0201. The fourth-order valence-corrected chi connectivity index (χ4v) is 4.62. The fourth-order valence-electron chi connectivity index (χ4n) is 4.01. The first kappa shape index (κ1) is 13.6. The van der Waals surface area contributed by atoms with Gasteiger partial charge >= 0.3 is 0 Å². The summed E-state index contributed by atoms with van der Waals surface area (Å²) in [5.74, 6) is 0. The lowest BCUT2D eigenvalue weighted by Gasteiger charge is -2.21. The largest absolute Gasteiger partial charge is 0.454 e. The van der Waals surface area contributed by atoms with Crippen LogP contribution in [0.3, 0.4) is 0 Å². The van der Waals surface area contributed by atoms with Gasteiger partial charge in [-0.3, -0.25) is 0 Å². The minimum Gasteiger partial charge on any atom is -0.454 e. The van der Waals surface area contributed by atoms with Crippen molar-refractivity contribution in [3.05, 3.63) is 69.3 Å². The third-order valence-electron chi connectivity index (χ3n) is 5.16. The van der Waals surface area contributed by atoms with Crippen molar-refractivity contribution in [2.45, 2.75) is 19.3 Å². The minimum absolute atomic E-state index is 0.0201. The number of hydrogen-bond acceptors (Lipinski definition) is 1. The van der Waals surface area contributed by atoms with Crippen molar-refractivity contribution in [2.24, 2.45) is 0 Å². The van der Waals surface area contributed by atoms with E-state index >= 15 is 0 Å². The Bertz CT molecular complexity index is 1100. The fraction of sp³-hybridized carbons (Fsp3) is 0.143. The standard InChI is InChI=1S/C21H15IO/c1-21(2)15-8-4-3-6-14(15)18-16(21)11-10-13-12-7-5-9-17(22)19(12)23-20(13)18/h3-11H,1-2H3. The summed E-state index contributed by atoms with van der Waals surface area (Å²) in [6.07, 6.45) is 0. The van der Waals surface area contributed by atoms with Gasteiger partial charge in [0.2, 0.25) is 0 Å². The van der Waals surface area contributed by atoms with Crippen LogP contribution in [-0.4, -0.2) is 0 Å². The predicted octanol–water partition coefficient (Wildman–Crippen LogP) is 6.50. The smallest absolute Gasteiger partial charge is 0.148 e. The van der Waals surface area contributed by atoms with Crippen molar-refractivity contribution < 1.29 is 4.42 Å². The highest BCUT2D eigenvalue weighted by atomic mass is 127. The Morgan fingerprint density at radius 1 is 0.783 bits per heavy atom. The van der Waals surface area contributed by atoms with Crippen LogP contribution < -0.4 is 0 Å². The molecule has 0 bridgehead atoms. The van der Waals surface area contributed by atoms with Crippen molar-refractivity contribution in [2.75, 3.05) is 0 Å². The topological polar surface area (TPSA) is 13.1 Å². The second-order valence-corrected chi connectivity index (χ2v) is 7.92. The van der Waals surface area contributed by atoms with E-state index in [2.05, 4.69) is 91.0 Å². The number of hydrogen-bond donors (Lipinski definition) is 0. The van der Waals surface area contributed by atoms with E-state index in [1.54, 1.807) is 0 Å². The summed E-state index contributed by atoms with van der Waals surface area (Å²) in [6.45, 7) is 4.60. The van der Waals surface area contributed by atoms with Crippen LogP contribution in [0.4, 0.5) is 0 Å². The van der Waals surface area contributed by atoms with Gasteiger partial charge in [-0.2, -0.15) is 0 Å². The molecule has 4 aromatic rings. The monoisotopic (exact) mass is 410 g/mol. The van der Waals surface area contributed by atoms with Gasteiger partial charge in [-0.05, 0) is 45.3 Å². The number of furan rings is 1. The highest BCUT2D eigenvalue weighted by Gasteiger charge is 2.37. The van der Waals surface area contributed by atoms with E-state index in [1.807, 2.05) is 0 Å². The van der Waals surface area contributed by atoms with Crippen molar-refractivity contribution in [1.29, 1.82) is 0 Å². The molecule has 0 aliphatic heterocycles. The lowest BCUT2D eigenvalue weighted by molar-refractivity contribution is 0.652. The Labute approximate surface area is 148 Å². The first-order valence-electron chi connectivity index (χ1n) is 7.83. The van der Waals surface area contributed by atoms with Crippen LogP contribution >= 0.6 is 22.6 Å². The summed E-state index contributed by atoms with van der Waals surface area (Å²) >= 11 is 2.35. The van der Waals surface area contributed by atoms with E-state index in [0.717, 1.165) is 14.7 Å². The third-order valence-corrected chi connectivity index (χ3v) is 6.01. The van der Waals surface area contributed by atoms with Crippen LogP contribution in [0.2, 0.25) is 0 Å². The average molecular weight is 410 g/mol. The molecule has 2 heteroatoms. The number of rotatable bonds is 0. The number of para-hydroxylation sites is 1. The maximum atomic E-state index is 6.37. The first-order valence-corrected chi connectivity index (χ1v) is 8.91. The van der Waals surface area contributed by atoms with Crippen LogP contribution in [0.1, 0.15) is 25.0 Å². The van der Waals surface area contributed by atoms with Crippen LogP contribution in [0, 0.1) is 3.57 Å². The Morgan fingerprint density at radius 2 is 1.57 bits per heavy atom. The first-order chi connectivity index (χ1) is 11.1. The van der Waals surface area contributed by atoms with Crippen LogP contribution in [-0.2, 0) is 5.41 Å². The van der Waals surface area contributed by atoms with E-state index in [9.17, 15) is 0 Å². The lowest BCUT2D eigenvalue weighted by atomic mass is 9.82. The number of benzene rings is 3. The molecule has 0 radical (unpaired) electrons. The van der Waals surface area contributed by atoms with Gasteiger partial charge in [-0.25, -0.2) is 0 Å². The Morgan fingerprint density at radius 3 is 2.43 bits per heavy atom. The molecule has 1 nitrogen and oxygen atoms in total. The molecule has 112 valence electrons. The van der Waals surface area contributed by atoms with Crippen LogP contribution in [0.15, 0.2) is 59.0 Å². The highest BCUT2D eigenvalue weighted by molar-refractivity contribution is 14.1. The van der Waals surface area contributed by atoms with E-state index < -0.39 is 0 Å². The van der Waals surface area contributed by atoms with Gasteiger partial charge in [0, 0.05) is 21.8 Å². The van der Waals surface area contributed by atoms with Gasteiger partial charge in [0.15, 0.2) is 0 Å². The van der Waals surface area contributed by atoms with Crippen LogP contribution in [0.25, 0.3) is 33.1 Å². The molecular formula is C21H15IO. The molecule has 0 unspecified atom stereocenters. The average Bonchev–Trinajstić information content (AvgIpc) is 3.04. The van der Waals surface area contributed by atoms with Gasteiger partial charge < -0.3 is 4.42 Å². The highest BCUT2D eigenvalue weighted by Crippen LogP contribution is 2.52. The van der Waals surface area contributed by atoms with Gasteiger partial charge in [0.05, 0.1) is 3.57 Å². The summed E-state index contributed by atoms with van der Waals surface area (Å²) < 4.78 is 7.53. The predicted molar refractivity (Wildman–Crippen MR) is 104 cm³/mol. The van der Waals surface area contributed by atoms with Gasteiger partial charge in [-0.1, -0.05) is 62.4 Å². The maximum absolute atomic E-state index is 6.37. The number of fused-ring (bicyclic) bond motifs is 7. The van der Waals surface area contributed by atoms with E-state index in [4.69, 9.17) is 4.42 Å². The van der Waals surface area contributed by atoms with Crippen molar-refractivity contribution >= 4 is 44.5 Å². The zero-order chi connectivity index (χ0) is 15.8. The Balaban J connectivity index is 2.02. The van der Waals surface area contributed by atoms with Crippen molar-refractivity contribution in [3.8, 4) is 11.1 Å². The molecule has 1 aliphatic rings. The molecule has 23 heavy (non-hydrogen) atoms. The normalized spacial score (nSPS) is 15.1. The summed E-state index contributed by atoms with van der Waals surface area (Å²) in [5.41, 5.74) is 7.38. The van der Waals surface area contributed by atoms with E-state index in [-0.39, 0.29) is 5.41 Å². The molecule has 1 aliphatic carbocycles. The molecular weight excluding hydrogens is 395 g/mol. The zero-order valence-corrected chi connectivity index (χ0v) is 15.1. The van der Waals surface area contributed by atoms with E-state index in [1.165, 1.54) is 33.0 Å². The lowest BCUT2D eigenvalue weighted by Crippen LogP contribution is -2.14. The quantitative estimate of drug-likeness (QED) is 0.302. The molecule has 0 spiro atoms. The molecule has 0 amide bonds. The van der Waals surface area contributed by atoms with Gasteiger partial charge in [0.25, 0.3) is 0 Å². The molecule has 0 N–H and O–H groups in total. The molecule has 1 aromatic heterocycles.